The number of aryl methyl sites for hydroxylation is 1. The number of nitrogens with zero attached hydrogens (tertiary/aromatic N) is 2. The Morgan fingerprint density at radius 1 is 1.12 bits per heavy atom. The summed E-state index contributed by atoms with van der Waals surface area (Å²) < 4.78 is 10.9. The van der Waals surface area contributed by atoms with Gasteiger partial charge in [0, 0.05) is 50.5 Å². The molecule has 2 heterocycles. The van der Waals surface area contributed by atoms with E-state index in [0.717, 1.165) is 18.4 Å². The summed E-state index contributed by atoms with van der Waals surface area (Å²) in [6, 6.07) is 5.75. The maximum Gasteiger partial charge on any atom is 0.271 e. The average molecular weight is 554 g/mol. The highest BCUT2D eigenvalue weighted by Crippen LogP contribution is 2.27. The fourth-order valence-electron chi connectivity index (χ4n) is 4.23. The number of hydrogen-bond acceptors (Lipinski definition) is 9. The zero-order valence-corrected chi connectivity index (χ0v) is 23.2. The second-order valence-corrected chi connectivity index (χ2v) is 9.36. The van der Waals surface area contributed by atoms with Crippen LogP contribution in [0.4, 0.5) is 17.3 Å². The summed E-state index contributed by atoms with van der Waals surface area (Å²) in [7, 11) is 1.57. The maximum atomic E-state index is 12.3. The fourth-order valence-corrected chi connectivity index (χ4v) is 4.23. The summed E-state index contributed by atoms with van der Waals surface area (Å²) in [5, 5.41) is 12.2. The average Bonchev–Trinajstić information content (AvgIpc) is 2.95. The third-order valence-electron chi connectivity index (χ3n) is 6.36. The molecule has 0 bridgehead atoms. The number of primary amides is 1. The molecule has 1 saturated heterocycles. The van der Waals surface area contributed by atoms with Crippen LogP contribution in [0, 0.1) is 0 Å². The minimum Gasteiger partial charge on any atom is -0.497 e. The van der Waals surface area contributed by atoms with Crippen molar-refractivity contribution in [2.75, 3.05) is 44.0 Å². The second-order valence-electron chi connectivity index (χ2n) is 9.36. The fraction of sp³-hybridized carbons (Fsp3) is 0.464. The molecule has 6 N–H and O–H groups in total. The molecule has 216 valence electrons. The molecule has 3 amide bonds. The van der Waals surface area contributed by atoms with Crippen LogP contribution >= 0.6 is 0 Å². The van der Waals surface area contributed by atoms with Crippen LogP contribution < -0.4 is 31.7 Å². The van der Waals surface area contributed by atoms with E-state index in [4.69, 9.17) is 20.2 Å². The van der Waals surface area contributed by atoms with Crippen LogP contribution in [-0.2, 0) is 27.2 Å². The number of carbonyl (C=O) groups is 3. The molecule has 2 aromatic rings. The third kappa shape index (κ3) is 9.23. The Morgan fingerprint density at radius 3 is 2.58 bits per heavy atom. The van der Waals surface area contributed by atoms with Crippen LogP contribution in [0.1, 0.15) is 54.4 Å². The maximum absolute atomic E-state index is 12.3. The van der Waals surface area contributed by atoms with Crippen molar-refractivity contribution in [3.8, 4) is 5.75 Å². The van der Waals surface area contributed by atoms with Gasteiger partial charge in [-0.3, -0.25) is 14.4 Å². The van der Waals surface area contributed by atoms with Crippen molar-refractivity contribution in [2.45, 2.75) is 51.5 Å². The summed E-state index contributed by atoms with van der Waals surface area (Å²) >= 11 is 0. The van der Waals surface area contributed by atoms with Gasteiger partial charge >= 0.3 is 0 Å². The highest BCUT2D eigenvalue weighted by molar-refractivity contribution is 5.96. The van der Waals surface area contributed by atoms with Gasteiger partial charge in [-0.1, -0.05) is 13.5 Å². The standard InChI is InChI=1S/C28H39N7O5/c1-4-22-27(32-19-9-13-40-14-10-19)35-28(25(34-22)26(29)38)33-20-15-18(16-21(17-20)39-3)8-12-31-24(37)7-6-11-30-23(36)5-2/h5,15-17,19H,2,4,6-14H2,1,3H3,(H2,29,38)(H,30,36)(H,31,37)(H2,32,33,35). The molecule has 40 heavy (non-hydrogen) atoms. The number of hydrogen-bond donors (Lipinski definition) is 5. The first-order chi connectivity index (χ1) is 19.3. The number of nitrogens with two attached hydrogens (primary N) is 1. The molecule has 12 nitrogen and oxygen atoms in total. The highest BCUT2D eigenvalue weighted by atomic mass is 16.5. The number of aromatic nitrogens is 2. The van der Waals surface area contributed by atoms with Gasteiger partial charge in [-0.05, 0) is 55.9 Å². The molecular weight excluding hydrogens is 514 g/mol. The van der Waals surface area contributed by atoms with Gasteiger partial charge in [0.1, 0.15) is 5.75 Å². The summed E-state index contributed by atoms with van der Waals surface area (Å²) in [6.07, 6.45) is 4.86. The smallest absolute Gasteiger partial charge is 0.271 e. The largest absolute Gasteiger partial charge is 0.497 e. The second kappa shape index (κ2) is 15.4. The zero-order valence-electron chi connectivity index (χ0n) is 23.2. The SMILES string of the molecule is C=CC(=O)NCCCC(=O)NCCc1cc(Nc2nc(NC3CCOCC3)c(CC)nc2C(N)=O)cc(OC)c1. The van der Waals surface area contributed by atoms with Gasteiger partial charge in [0.15, 0.2) is 17.3 Å². The molecule has 1 aromatic carbocycles. The van der Waals surface area contributed by atoms with E-state index in [2.05, 4.69) is 32.8 Å². The lowest BCUT2D eigenvalue weighted by Gasteiger charge is -2.25. The third-order valence-corrected chi connectivity index (χ3v) is 6.36. The molecule has 0 aliphatic carbocycles. The van der Waals surface area contributed by atoms with Crippen LogP contribution in [-0.4, -0.2) is 67.1 Å². The monoisotopic (exact) mass is 553 g/mol. The Labute approximate surface area is 234 Å². The van der Waals surface area contributed by atoms with Crippen LogP contribution in [0.5, 0.6) is 5.75 Å². The van der Waals surface area contributed by atoms with Crippen molar-refractivity contribution in [2.24, 2.45) is 5.73 Å². The molecule has 0 spiro atoms. The minimum atomic E-state index is -0.683. The quantitative estimate of drug-likeness (QED) is 0.164. The molecule has 0 radical (unpaired) electrons. The van der Waals surface area contributed by atoms with Gasteiger partial charge in [0.25, 0.3) is 5.91 Å². The van der Waals surface area contributed by atoms with Crippen LogP contribution in [0.25, 0.3) is 0 Å². The molecule has 3 rings (SSSR count). The number of methoxy groups -OCH3 is 1. The Kier molecular flexibility index (Phi) is 11.7. The number of nitrogens with one attached hydrogen (secondary N) is 4. The Bertz CT molecular complexity index is 1200. The Balaban J connectivity index is 1.70. The van der Waals surface area contributed by atoms with E-state index in [1.807, 2.05) is 19.1 Å². The highest BCUT2D eigenvalue weighted by Gasteiger charge is 2.21. The van der Waals surface area contributed by atoms with Gasteiger partial charge in [-0.15, -0.1) is 0 Å². The first-order valence-corrected chi connectivity index (χ1v) is 13.5. The van der Waals surface area contributed by atoms with Crippen molar-refractivity contribution < 1.29 is 23.9 Å². The molecule has 0 unspecified atom stereocenters. The van der Waals surface area contributed by atoms with Crippen molar-refractivity contribution in [3.05, 3.63) is 47.8 Å². The number of amides is 3. The lowest BCUT2D eigenvalue weighted by Crippen LogP contribution is -2.29. The van der Waals surface area contributed by atoms with Gasteiger partial charge < -0.3 is 36.5 Å². The van der Waals surface area contributed by atoms with Crippen LogP contribution in [0.2, 0.25) is 0 Å². The molecule has 1 fully saturated rings. The summed E-state index contributed by atoms with van der Waals surface area (Å²) in [5.41, 5.74) is 7.92. The number of benzene rings is 1. The lowest BCUT2D eigenvalue weighted by molar-refractivity contribution is -0.121. The van der Waals surface area contributed by atoms with E-state index in [1.54, 1.807) is 13.2 Å². The number of carbonyl (C=O) groups excluding carboxylic acids is 3. The normalized spacial score (nSPS) is 13.2. The number of anilines is 3. The minimum absolute atomic E-state index is 0.0512. The van der Waals surface area contributed by atoms with E-state index in [-0.39, 0.29) is 29.4 Å². The topological polar surface area (TPSA) is 170 Å². The molecule has 12 heteroatoms. The van der Waals surface area contributed by atoms with Gasteiger partial charge in [-0.25, -0.2) is 9.97 Å². The molecule has 1 aromatic heterocycles. The molecule has 1 aliphatic heterocycles. The van der Waals surface area contributed by atoms with Crippen molar-refractivity contribution >= 4 is 35.0 Å². The van der Waals surface area contributed by atoms with E-state index in [9.17, 15) is 14.4 Å². The van der Waals surface area contributed by atoms with Gasteiger partial charge in [0.2, 0.25) is 11.8 Å². The summed E-state index contributed by atoms with van der Waals surface area (Å²) in [6.45, 7) is 7.52. The Morgan fingerprint density at radius 2 is 1.90 bits per heavy atom. The predicted octanol–water partition coefficient (Wildman–Crippen LogP) is 2.22. The van der Waals surface area contributed by atoms with Crippen molar-refractivity contribution in [3.63, 3.8) is 0 Å². The molecule has 0 saturated carbocycles. The van der Waals surface area contributed by atoms with E-state index >= 15 is 0 Å². The number of ether oxygens (including phenoxy) is 2. The first kappa shape index (κ1) is 30.4. The van der Waals surface area contributed by atoms with E-state index < -0.39 is 5.91 Å². The molecule has 1 aliphatic rings. The van der Waals surface area contributed by atoms with E-state index in [0.29, 0.717) is 74.9 Å². The summed E-state index contributed by atoms with van der Waals surface area (Å²) in [4.78, 5) is 44.9. The van der Waals surface area contributed by atoms with Crippen LogP contribution in [0.3, 0.4) is 0 Å². The van der Waals surface area contributed by atoms with Gasteiger partial charge in [-0.2, -0.15) is 0 Å². The number of rotatable bonds is 15. The zero-order chi connectivity index (χ0) is 28.9. The molecular formula is C28H39N7O5. The van der Waals surface area contributed by atoms with Gasteiger partial charge in [0.05, 0.1) is 12.8 Å². The first-order valence-electron chi connectivity index (χ1n) is 13.5. The van der Waals surface area contributed by atoms with Crippen molar-refractivity contribution in [1.29, 1.82) is 0 Å². The molecule has 0 atom stereocenters. The predicted molar refractivity (Wildman–Crippen MR) is 153 cm³/mol. The van der Waals surface area contributed by atoms with E-state index in [1.165, 1.54) is 6.08 Å². The lowest BCUT2D eigenvalue weighted by atomic mass is 10.1. The van der Waals surface area contributed by atoms with Crippen molar-refractivity contribution in [1.82, 2.24) is 20.6 Å². The summed E-state index contributed by atoms with van der Waals surface area (Å²) in [5.74, 6) is 0.411. The van der Waals surface area contributed by atoms with Crippen LogP contribution in [0.15, 0.2) is 30.9 Å². The Hall–Kier alpha value is -4.19.